The highest BCUT2D eigenvalue weighted by Crippen LogP contribution is 2.56. The Kier molecular flexibility index (Phi) is 5.15. The Labute approximate surface area is 112 Å². The van der Waals surface area contributed by atoms with Crippen LogP contribution in [-0.4, -0.2) is 37.2 Å². The number of hydrogen-bond donors (Lipinski definition) is 0. The number of allylic oxidation sites excluding steroid dienone is 1. The van der Waals surface area contributed by atoms with Gasteiger partial charge in [-0.1, -0.05) is 0 Å². The number of alkyl halides is 11. The van der Waals surface area contributed by atoms with Crippen LogP contribution in [0, 0.1) is 0 Å². The Balaban J connectivity index is 6.37. The fourth-order valence-corrected chi connectivity index (χ4v) is 1.00. The molecule has 1 unspecified atom stereocenters. The summed E-state index contributed by atoms with van der Waals surface area (Å²) in [5.41, 5.74) is 0. The maximum atomic E-state index is 13.4. The zero-order valence-corrected chi connectivity index (χ0v) is 9.82. The van der Waals surface area contributed by atoms with Gasteiger partial charge in [-0.25, -0.2) is 4.39 Å². The summed E-state index contributed by atoms with van der Waals surface area (Å²) in [6.45, 7) is 0. The van der Waals surface area contributed by atoms with Gasteiger partial charge < -0.3 is 4.74 Å². The maximum Gasteiger partial charge on any atom is 0.460 e. The standard InChI is InChI=1S/C8H3F13O/c1-22-4(11,2(9)3(10)5(12,13)14)6(15,16)7(17,18)8(19,20)21/h1H3. The van der Waals surface area contributed by atoms with Crippen molar-refractivity contribution in [3.63, 3.8) is 0 Å². The Morgan fingerprint density at radius 2 is 1.00 bits per heavy atom. The molecule has 0 rings (SSSR count). The molecule has 0 bridgehead atoms. The Hall–Kier alpha value is -1.21. The van der Waals surface area contributed by atoms with Crippen molar-refractivity contribution in [2.45, 2.75) is 30.1 Å². The van der Waals surface area contributed by atoms with Crippen molar-refractivity contribution in [2.75, 3.05) is 7.11 Å². The third-order valence-electron chi connectivity index (χ3n) is 2.16. The molecule has 0 aromatic carbocycles. The van der Waals surface area contributed by atoms with Gasteiger partial charge in [0.15, 0.2) is 0 Å². The van der Waals surface area contributed by atoms with Crippen LogP contribution in [0.3, 0.4) is 0 Å². The molecule has 0 aliphatic carbocycles. The Bertz CT molecular complexity index is 444. The summed E-state index contributed by atoms with van der Waals surface area (Å²) in [5, 5.41) is 0. The van der Waals surface area contributed by atoms with E-state index in [4.69, 9.17) is 0 Å². The van der Waals surface area contributed by atoms with E-state index in [2.05, 4.69) is 4.74 Å². The third kappa shape index (κ3) is 2.96. The topological polar surface area (TPSA) is 9.23 Å². The number of methoxy groups -OCH3 is 1. The summed E-state index contributed by atoms with van der Waals surface area (Å²) in [4.78, 5) is 0. The molecule has 0 aromatic heterocycles. The van der Waals surface area contributed by atoms with Crippen LogP contribution in [0.4, 0.5) is 57.1 Å². The van der Waals surface area contributed by atoms with Crippen molar-refractivity contribution < 1.29 is 61.8 Å². The first kappa shape index (κ1) is 20.8. The maximum absolute atomic E-state index is 13.4. The quantitative estimate of drug-likeness (QED) is 0.650. The normalized spacial score (nSPS) is 18.8. The third-order valence-corrected chi connectivity index (χ3v) is 2.16. The van der Waals surface area contributed by atoms with Crippen LogP contribution in [0.2, 0.25) is 0 Å². The van der Waals surface area contributed by atoms with E-state index in [1.807, 2.05) is 0 Å². The second-order valence-electron chi connectivity index (χ2n) is 3.57. The first-order valence-corrected chi connectivity index (χ1v) is 4.57. The van der Waals surface area contributed by atoms with E-state index in [0.29, 0.717) is 0 Å². The first-order valence-electron chi connectivity index (χ1n) is 4.57. The van der Waals surface area contributed by atoms with Gasteiger partial charge in [0.2, 0.25) is 11.7 Å². The fraction of sp³-hybridized carbons (Fsp3) is 0.750. The highest BCUT2D eigenvalue weighted by molar-refractivity contribution is 5.21. The van der Waals surface area contributed by atoms with Crippen LogP contribution < -0.4 is 0 Å². The molecule has 0 fully saturated rings. The molecule has 0 spiro atoms. The molecule has 0 saturated carbocycles. The lowest BCUT2D eigenvalue weighted by molar-refractivity contribution is -0.406. The molecule has 0 heterocycles. The molecule has 14 heteroatoms. The molecule has 1 atom stereocenters. The lowest BCUT2D eigenvalue weighted by Gasteiger charge is -2.36. The van der Waals surface area contributed by atoms with Gasteiger partial charge in [0.1, 0.15) is 0 Å². The summed E-state index contributed by atoms with van der Waals surface area (Å²) in [6, 6.07) is 0. The summed E-state index contributed by atoms with van der Waals surface area (Å²) in [6.07, 6.45) is -13.7. The minimum absolute atomic E-state index is 0.469. The minimum atomic E-state index is -7.38. The molecule has 0 aromatic rings. The molecular weight excluding hydrogens is 359 g/mol. The number of ether oxygens (including phenoxy) is 1. The number of rotatable bonds is 4. The van der Waals surface area contributed by atoms with Gasteiger partial charge in [-0.15, -0.1) is 0 Å². The molecular formula is C8H3F13O. The van der Waals surface area contributed by atoms with Crippen LogP contribution >= 0.6 is 0 Å². The molecule has 22 heavy (non-hydrogen) atoms. The van der Waals surface area contributed by atoms with Crippen molar-refractivity contribution in [3.05, 3.63) is 11.7 Å². The molecule has 0 saturated heterocycles. The van der Waals surface area contributed by atoms with E-state index < -0.39 is 48.8 Å². The summed E-state index contributed by atoms with van der Waals surface area (Å²) < 4.78 is 163. The smallest absolute Gasteiger partial charge is 0.339 e. The zero-order chi connectivity index (χ0) is 18.4. The molecule has 0 radical (unpaired) electrons. The lowest BCUT2D eigenvalue weighted by Crippen LogP contribution is -2.63. The Morgan fingerprint density at radius 1 is 0.636 bits per heavy atom. The molecule has 0 N–H and O–H groups in total. The van der Waals surface area contributed by atoms with Gasteiger partial charge in [-0.05, 0) is 0 Å². The second kappa shape index (κ2) is 5.45. The summed E-state index contributed by atoms with van der Waals surface area (Å²) in [7, 11) is -0.469. The van der Waals surface area contributed by atoms with E-state index in [1.54, 1.807) is 0 Å². The lowest BCUT2D eigenvalue weighted by atomic mass is 10.0. The van der Waals surface area contributed by atoms with Crippen LogP contribution in [0.25, 0.3) is 0 Å². The van der Waals surface area contributed by atoms with Crippen LogP contribution in [-0.2, 0) is 4.74 Å². The van der Waals surface area contributed by atoms with Crippen molar-refractivity contribution in [1.82, 2.24) is 0 Å². The fourth-order valence-electron chi connectivity index (χ4n) is 1.00. The minimum Gasteiger partial charge on any atom is -0.339 e. The van der Waals surface area contributed by atoms with E-state index >= 15 is 0 Å². The molecule has 132 valence electrons. The van der Waals surface area contributed by atoms with Crippen molar-refractivity contribution >= 4 is 0 Å². The van der Waals surface area contributed by atoms with E-state index in [9.17, 15) is 57.1 Å². The van der Waals surface area contributed by atoms with Crippen LogP contribution in [0.15, 0.2) is 11.7 Å². The average Bonchev–Trinajstić information content (AvgIpc) is 2.32. The Morgan fingerprint density at radius 3 is 1.23 bits per heavy atom. The summed E-state index contributed by atoms with van der Waals surface area (Å²) in [5.74, 6) is -29.6. The number of hydrogen-bond acceptors (Lipinski definition) is 1. The summed E-state index contributed by atoms with van der Waals surface area (Å²) >= 11 is 0. The van der Waals surface area contributed by atoms with Gasteiger partial charge in [-0.2, -0.15) is 52.7 Å². The van der Waals surface area contributed by atoms with Crippen molar-refractivity contribution in [1.29, 1.82) is 0 Å². The van der Waals surface area contributed by atoms with Crippen molar-refractivity contribution in [3.8, 4) is 0 Å². The van der Waals surface area contributed by atoms with Gasteiger partial charge in [0.05, 0.1) is 0 Å². The largest absolute Gasteiger partial charge is 0.460 e. The molecule has 1 nitrogen and oxygen atoms in total. The second-order valence-corrected chi connectivity index (χ2v) is 3.57. The van der Waals surface area contributed by atoms with Gasteiger partial charge in [-0.3, -0.25) is 0 Å². The van der Waals surface area contributed by atoms with Crippen LogP contribution in [0.5, 0.6) is 0 Å². The molecule has 0 amide bonds. The predicted octanol–water partition coefficient (Wildman–Crippen LogP) is 4.84. The highest BCUT2D eigenvalue weighted by atomic mass is 19.4. The SMILES string of the molecule is COC(F)(C(F)=C(F)C(F)(F)F)C(F)(F)C(F)(F)C(F)(F)F. The van der Waals surface area contributed by atoms with Crippen molar-refractivity contribution in [2.24, 2.45) is 0 Å². The highest BCUT2D eigenvalue weighted by Gasteiger charge is 2.83. The van der Waals surface area contributed by atoms with Gasteiger partial charge >= 0.3 is 30.1 Å². The molecule has 0 aliphatic rings. The number of halogens is 13. The predicted molar refractivity (Wildman–Crippen MR) is 42.1 cm³/mol. The monoisotopic (exact) mass is 362 g/mol. The zero-order valence-electron chi connectivity index (χ0n) is 9.82. The van der Waals surface area contributed by atoms with E-state index in [-0.39, 0.29) is 0 Å². The first-order chi connectivity index (χ1) is 9.38. The van der Waals surface area contributed by atoms with Gasteiger partial charge in [0.25, 0.3) is 0 Å². The van der Waals surface area contributed by atoms with E-state index in [1.165, 1.54) is 0 Å². The van der Waals surface area contributed by atoms with E-state index in [0.717, 1.165) is 0 Å². The molecule has 0 aliphatic heterocycles. The van der Waals surface area contributed by atoms with Gasteiger partial charge in [0, 0.05) is 7.11 Å². The van der Waals surface area contributed by atoms with Crippen LogP contribution in [0.1, 0.15) is 0 Å². The average molecular weight is 362 g/mol.